The SMILES string of the molecule is CC/C=C\C/C=C\C/C=C\C/C=C\CCCCCCCCCCCCC(=O)NC(COP(=O)(O)OCC[N+](C)(C)C)C(O)/C=C/CC/C=C/CCCCCCCCCCCCCCCCCC. The fraction of sp³-hybridized carbons (Fsp3) is 0.776. The van der Waals surface area contributed by atoms with Crippen molar-refractivity contribution in [3.63, 3.8) is 0 Å². The molecule has 0 aromatic heterocycles. The fourth-order valence-corrected chi connectivity index (χ4v) is 8.55. The van der Waals surface area contributed by atoms with Crippen molar-refractivity contribution in [1.82, 2.24) is 5.32 Å². The monoisotopic (exact) mass is 960 g/mol. The number of quaternary nitrogens is 1. The van der Waals surface area contributed by atoms with Crippen molar-refractivity contribution in [2.75, 3.05) is 40.9 Å². The number of hydrogen-bond donors (Lipinski definition) is 3. The lowest BCUT2D eigenvalue weighted by Gasteiger charge is -2.25. The third-order valence-electron chi connectivity index (χ3n) is 12.2. The highest BCUT2D eigenvalue weighted by molar-refractivity contribution is 7.47. The summed E-state index contributed by atoms with van der Waals surface area (Å²) in [6, 6.07) is -0.870. The molecule has 0 fully saturated rings. The van der Waals surface area contributed by atoms with Crippen LogP contribution in [0.2, 0.25) is 0 Å². The molecule has 0 saturated carbocycles. The molecular weight excluding hydrogens is 852 g/mol. The molecule has 0 aromatic carbocycles. The van der Waals surface area contributed by atoms with Crippen LogP contribution in [0.5, 0.6) is 0 Å². The van der Waals surface area contributed by atoms with E-state index in [1.165, 1.54) is 154 Å². The Morgan fingerprint density at radius 2 is 0.910 bits per heavy atom. The minimum atomic E-state index is -4.36. The predicted molar refractivity (Wildman–Crippen MR) is 290 cm³/mol. The summed E-state index contributed by atoms with van der Waals surface area (Å²) >= 11 is 0. The Bertz CT molecular complexity index is 1320. The van der Waals surface area contributed by atoms with Gasteiger partial charge in [-0.05, 0) is 70.6 Å². The average Bonchev–Trinajstić information content (AvgIpc) is 3.29. The van der Waals surface area contributed by atoms with Crippen LogP contribution in [0.15, 0.2) is 72.9 Å². The maximum Gasteiger partial charge on any atom is 0.472 e. The van der Waals surface area contributed by atoms with Gasteiger partial charge < -0.3 is 19.8 Å². The van der Waals surface area contributed by atoms with E-state index in [9.17, 15) is 19.4 Å². The summed E-state index contributed by atoms with van der Waals surface area (Å²) in [7, 11) is 1.55. The highest BCUT2D eigenvalue weighted by atomic mass is 31.2. The number of amides is 1. The van der Waals surface area contributed by atoms with E-state index in [2.05, 4.69) is 79.9 Å². The number of unbranched alkanes of at least 4 members (excludes halogenated alkanes) is 27. The molecule has 67 heavy (non-hydrogen) atoms. The van der Waals surface area contributed by atoms with Gasteiger partial charge in [-0.25, -0.2) is 4.57 Å². The van der Waals surface area contributed by atoms with Gasteiger partial charge in [0.25, 0.3) is 0 Å². The van der Waals surface area contributed by atoms with E-state index in [4.69, 9.17) is 9.05 Å². The summed E-state index contributed by atoms with van der Waals surface area (Å²) in [5.74, 6) is -0.193. The van der Waals surface area contributed by atoms with Crippen LogP contribution in [0.4, 0.5) is 0 Å². The molecule has 3 unspecified atom stereocenters. The van der Waals surface area contributed by atoms with E-state index in [-0.39, 0.29) is 19.1 Å². The maximum absolute atomic E-state index is 13.0. The van der Waals surface area contributed by atoms with E-state index >= 15 is 0 Å². The number of hydrogen-bond acceptors (Lipinski definition) is 5. The smallest absolute Gasteiger partial charge is 0.387 e. The van der Waals surface area contributed by atoms with Crippen LogP contribution < -0.4 is 5.32 Å². The van der Waals surface area contributed by atoms with E-state index in [1.807, 2.05) is 27.2 Å². The highest BCUT2D eigenvalue weighted by Crippen LogP contribution is 2.43. The van der Waals surface area contributed by atoms with Crippen molar-refractivity contribution in [2.24, 2.45) is 0 Å². The summed E-state index contributed by atoms with van der Waals surface area (Å²) in [5, 5.41) is 13.9. The minimum Gasteiger partial charge on any atom is -0.387 e. The van der Waals surface area contributed by atoms with Crippen LogP contribution in [0.1, 0.15) is 239 Å². The van der Waals surface area contributed by atoms with Crippen LogP contribution in [0, 0.1) is 0 Å². The number of nitrogens with zero attached hydrogens (tertiary/aromatic N) is 1. The molecule has 0 saturated heterocycles. The topological polar surface area (TPSA) is 105 Å². The molecule has 0 rings (SSSR count). The van der Waals surface area contributed by atoms with Gasteiger partial charge in [0.15, 0.2) is 0 Å². The second-order valence-electron chi connectivity index (χ2n) is 19.9. The first-order valence-corrected chi connectivity index (χ1v) is 29.3. The first kappa shape index (κ1) is 64.9. The summed E-state index contributed by atoms with van der Waals surface area (Å²) in [4.78, 5) is 23.3. The Morgan fingerprint density at radius 1 is 0.522 bits per heavy atom. The van der Waals surface area contributed by atoms with E-state index in [1.54, 1.807) is 6.08 Å². The number of nitrogens with one attached hydrogen (secondary N) is 1. The first-order valence-electron chi connectivity index (χ1n) is 27.8. The van der Waals surface area contributed by atoms with E-state index in [0.29, 0.717) is 17.4 Å². The highest BCUT2D eigenvalue weighted by Gasteiger charge is 2.27. The van der Waals surface area contributed by atoms with Gasteiger partial charge in [-0.3, -0.25) is 13.8 Å². The molecule has 0 spiro atoms. The van der Waals surface area contributed by atoms with Gasteiger partial charge >= 0.3 is 7.82 Å². The fourth-order valence-electron chi connectivity index (χ4n) is 7.81. The maximum atomic E-state index is 13.0. The van der Waals surface area contributed by atoms with Gasteiger partial charge in [-0.2, -0.15) is 0 Å². The third-order valence-corrected chi connectivity index (χ3v) is 13.1. The molecule has 8 nitrogen and oxygen atoms in total. The summed E-state index contributed by atoms with van der Waals surface area (Å²) < 4.78 is 23.7. The zero-order valence-corrected chi connectivity index (χ0v) is 45.3. The Morgan fingerprint density at radius 3 is 1.37 bits per heavy atom. The summed E-state index contributed by atoms with van der Waals surface area (Å²) in [5.41, 5.74) is 0. The van der Waals surface area contributed by atoms with Gasteiger partial charge in [-0.1, -0.05) is 234 Å². The second kappa shape index (κ2) is 48.9. The molecule has 0 bridgehead atoms. The van der Waals surface area contributed by atoms with Gasteiger partial charge in [0.2, 0.25) is 5.91 Å². The van der Waals surface area contributed by atoms with Crippen LogP contribution >= 0.6 is 7.82 Å². The molecule has 0 heterocycles. The molecule has 9 heteroatoms. The van der Waals surface area contributed by atoms with Crippen molar-refractivity contribution in [3.8, 4) is 0 Å². The largest absolute Gasteiger partial charge is 0.472 e. The zero-order valence-electron chi connectivity index (χ0n) is 44.4. The van der Waals surface area contributed by atoms with Gasteiger partial charge in [0.05, 0.1) is 39.9 Å². The summed E-state index contributed by atoms with van der Waals surface area (Å²) in [6.45, 7) is 4.69. The number of phosphoric acid groups is 1. The van der Waals surface area contributed by atoms with Crippen molar-refractivity contribution < 1.29 is 32.9 Å². The van der Waals surface area contributed by atoms with Crippen molar-refractivity contribution in [2.45, 2.75) is 251 Å². The predicted octanol–water partition coefficient (Wildman–Crippen LogP) is 16.7. The number of carbonyl (C=O) groups is 1. The number of likely N-dealkylation sites (N-methyl/N-ethyl adjacent to an activating group) is 1. The lowest BCUT2D eigenvalue weighted by molar-refractivity contribution is -0.870. The normalized spacial score (nSPS) is 14.6. The lowest BCUT2D eigenvalue weighted by Crippen LogP contribution is -2.45. The molecular formula is C58H108N2O6P+. The molecule has 3 atom stereocenters. The number of aliphatic hydroxyl groups is 1. The molecule has 0 aromatic rings. The van der Waals surface area contributed by atoms with Crippen molar-refractivity contribution in [1.29, 1.82) is 0 Å². The molecule has 0 aliphatic rings. The third kappa shape index (κ3) is 51.6. The molecule has 0 radical (unpaired) electrons. The standard InChI is InChI=1S/C58H107N2O6P/c1-6-8-10-12-14-16-18-20-22-24-26-28-30-32-34-36-38-40-42-44-46-48-50-52-58(62)59-56(55-66-67(63,64)65-54-53-60(3,4)5)57(61)51-49-47-45-43-41-39-37-35-33-31-29-27-25-23-21-19-17-15-13-11-9-7-2/h8,10,14,16,20,22,26,28,41,43,49,51,56-57,61H,6-7,9,11-13,15,17-19,21,23-25,27,29-40,42,44-48,50,52-55H2,1-5H3,(H-,59,62,63,64)/p+1/b10-8-,16-14-,22-20-,28-26-,43-41+,51-49+. The Labute approximate surface area is 414 Å². The van der Waals surface area contributed by atoms with Gasteiger partial charge in [-0.15, -0.1) is 0 Å². The average molecular weight is 960 g/mol. The van der Waals surface area contributed by atoms with Crippen LogP contribution in [0.3, 0.4) is 0 Å². The van der Waals surface area contributed by atoms with Crippen LogP contribution in [-0.4, -0.2) is 73.4 Å². The van der Waals surface area contributed by atoms with E-state index < -0.39 is 20.0 Å². The van der Waals surface area contributed by atoms with Crippen molar-refractivity contribution >= 4 is 13.7 Å². The molecule has 0 aliphatic heterocycles. The first-order chi connectivity index (χ1) is 32.5. The molecule has 1 amide bonds. The number of aliphatic hydroxyl groups excluding tert-OH is 1. The minimum absolute atomic E-state index is 0.0526. The Balaban J connectivity index is 4.31. The van der Waals surface area contributed by atoms with E-state index in [0.717, 1.165) is 64.2 Å². The number of phosphoric ester groups is 1. The van der Waals surface area contributed by atoms with Crippen molar-refractivity contribution in [3.05, 3.63) is 72.9 Å². The number of rotatable bonds is 50. The lowest BCUT2D eigenvalue weighted by atomic mass is 10.0. The van der Waals surface area contributed by atoms with Crippen LogP contribution in [0.25, 0.3) is 0 Å². The number of carbonyl (C=O) groups excluding carboxylic acids is 1. The summed E-state index contributed by atoms with van der Waals surface area (Å²) in [6.07, 6.45) is 67.1. The Hall–Kier alpha value is -2.06. The van der Waals surface area contributed by atoms with Gasteiger partial charge in [0, 0.05) is 6.42 Å². The Kier molecular flexibility index (Phi) is 47.4. The number of allylic oxidation sites excluding steroid dienone is 11. The van der Waals surface area contributed by atoms with Gasteiger partial charge in [0.1, 0.15) is 13.2 Å². The molecule has 390 valence electrons. The molecule has 3 N–H and O–H groups in total. The molecule has 0 aliphatic carbocycles. The quantitative estimate of drug-likeness (QED) is 0.0243. The zero-order chi connectivity index (χ0) is 49.2. The van der Waals surface area contributed by atoms with Crippen LogP contribution in [-0.2, 0) is 18.4 Å². The second-order valence-corrected chi connectivity index (χ2v) is 21.4.